The summed E-state index contributed by atoms with van der Waals surface area (Å²) >= 11 is 0. The number of methoxy groups -OCH3 is 3. The molecule has 0 fully saturated rings. The number of halogens is 6. The molecule has 0 unspecified atom stereocenters. The first-order chi connectivity index (χ1) is 23.7. The molecule has 0 radical (unpaired) electrons. The van der Waals surface area contributed by atoms with Crippen molar-refractivity contribution in [2.45, 2.75) is 17.2 Å². The number of rotatable bonds is 10. The van der Waals surface area contributed by atoms with Crippen LogP contribution >= 0.6 is 0 Å². The minimum atomic E-state index is -5.05. The fourth-order valence-corrected chi connectivity index (χ4v) is 6.11. The molecule has 0 aliphatic heterocycles. The van der Waals surface area contributed by atoms with Gasteiger partial charge in [0.25, 0.3) is 10.0 Å². The third-order valence-corrected chi connectivity index (χ3v) is 10.2. The van der Waals surface area contributed by atoms with Crippen LogP contribution in [-0.4, -0.2) is 101 Å². The Balaban J connectivity index is 0.000000371. The number of carbonyl (C=O) groups is 2. The number of aromatic nitrogens is 5. The lowest BCUT2D eigenvalue weighted by atomic mass is 10.2. The molecule has 0 atom stereocenters. The van der Waals surface area contributed by atoms with Crippen LogP contribution in [0.15, 0.2) is 35.2 Å². The van der Waals surface area contributed by atoms with Crippen LogP contribution in [-0.2, 0) is 42.6 Å². The van der Waals surface area contributed by atoms with Crippen LogP contribution in [0.2, 0.25) is 0 Å². The van der Waals surface area contributed by atoms with Crippen LogP contribution < -0.4 is 34.3 Å². The van der Waals surface area contributed by atoms with Crippen molar-refractivity contribution in [1.29, 1.82) is 0 Å². The lowest BCUT2D eigenvalue weighted by molar-refractivity contribution is -0.145. The van der Waals surface area contributed by atoms with Gasteiger partial charge in [0.2, 0.25) is 39.5 Å². The number of hydrogen-bond donors (Lipinski definition) is 4. The molecular weight excluding hydrogens is 790 g/mol. The fourth-order valence-electron chi connectivity index (χ4n) is 3.03. The molecule has 2 heterocycles. The second-order valence-electron chi connectivity index (χ2n) is 9.00. The number of amides is 4. The molecule has 1 aromatic carbocycles. The van der Waals surface area contributed by atoms with Gasteiger partial charge in [0.1, 0.15) is 0 Å². The summed E-state index contributed by atoms with van der Waals surface area (Å²) in [6, 6.07) is 0.459. The zero-order chi connectivity index (χ0) is 39.9. The van der Waals surface area contributed by atoms with Crippen LogP contribution in [0.1, 0.15) is 11.4 Å². The van der Waals surface area contributed by atoms with Gasteiger partial charge in [-0.05, 0) is 12.1 Å². The number of ether oxygens (including phenoxy) is 3. The van der Waals surface area contributed by atoms with Crippen molar-refractivity contribution in [1.82, 2.24) is 38.1 Å². The molecule has 3 rings (SSSR count). The van der Waals surface area contributed by atoms with Gasteiger partial charge in [-0.15, -0.1) is 0 Å². The van der Waals surface area contributed by atoms with Gasteiger partial charge in [0.05, 0.1) is 44.1 Å². The Bertz CT molecular complexity index is 2100. The summed E-state index contributed by atoms with van der Waals surface area (Å²) in [6.45, 7) is 0. The molecule has 21 nitrogen and oxygen atoms in total. The van der Waals surface area contributed by atoms with E-state index in [1.54, 1.807) is 5.32 Å². The molecule has 4 N–H and O–H groups in total. The van der Waals surface area contributed by atoms with E-state index in [-0.39, 0.29) is 21.4 Å². The van der Waals surface area contributed by atoms with Crippen molar-refractivity contribution in [2.75, 3.05) is 45.3 Å². The van der Waals surface area contributed by atoms with Gasteiger partial charge in [-0.25, -0.2) is 35.9 Å². The number of urea groups is 2. The van der Waals surface area contributed by atoms with Crippen molar-refractivity contribution in [3.63, 3.8) is 0 Å². The normalized spacial score (nSPS) is 12.2. The number of hydrogen-bond acceptors (Lipinski definition) is 16. The van der Waals surface area contributed by atoms with E-state index in [9.17, 15) is 61.2 Å². The number of nitrogens with one attached hydrogen (secondary N) is 4. The number of alkyl halides is 6. The van der Waals surface area contributed by atoms with E-state index in [1.165, 1.54) is 29.7 Å². The number of carbonyl (C=O) groups excluding carboxylic acids is 2. The van der Waals surface area contributed by atoms with Gasteiger partial charge in [0, 0.05) is 7.05 Å². The SMILES string of the molecule is COc1cc(OC)nc(NC(=O)NS(=O)(=O)N(C)S(C)(=O)=O)n1.COc1nc(NC(=O)NS(=O)(=O)c2ccccc2C(F)(F)F)nc(C(F)(F)F)n1. The Kier molecular flexibility index (Phi) is 13.4. The summed E-state index contributed by atoms with van der Waals surface area (Å²) in [5.74, 6) is -3.01. The van der Waals surface area contributed by atoms with Gasteiger partial charge in [-0.2, -0.15) is 59.7 Å². The van der Waals surface area contributed by atoms with Crippen LogP contribution in [0.5, 0.6) is 17.8 Å². The van der Waals surface area contributed by atoms with Crippen LogP contribution in [0.4, 0.5) is 47.8 Å². The lowest BCUT2D eigenvalue weighted by Gasteiger charge is -2.15. The molecule has 2 aromatic heterocycles. The minimum absolute atomic E-state index is 0.00654. The first-order valence-corrected chi connectivity index (χ1v) is 17.6. The quantitative estimate of drug-likeness (QED) is 0.209. The van der Waals surface area contributed by atoms with Gasteiger partial charge < -0.3 is 14.2 Å². The second kappa shape index (κ2) is 16.3. The summed E-state index contributed by atoms with van der Waals surface area (Å²) in [6.07, 6.45) is -9.44. The molecule has 4 amide bonds. The smallest absolute Gasteiger partial charge is 0.451 e. The molecule has 0 aliphatic carbocycles. The maximum absolute atomic E-state index is 13.0. The maximum atomic E-state index is 13.0. The molecule has 0 bridgehead atoms. The first kappa shape index (κ1) is 42.8. The molecule has 0 spiro atoms. The lowest BCUT2D eigenvalue weighted by Crippen LogP contribution is -2.45. The summed E-state index contributed by atoms with van der Waals surface area (Å²) in [5.41, 5.74) is -1.55. The number of benzene rings is 1. The summed E-state index contributed by atoms with van der Waals surface area (Å²) in [4.78, 5) is 38.8. The third kappa shape index (κ3) is 12.2. The van der Waals surface area contributed by atoms with Crippen LogP contribution in [0.3, 0.4) is 0 Å². The summed E-state index contributed by atoms with van der Waals surface area (Å²) in [7, 11) is -9.40. The van der Waals surface area contributed by atoms with Crippen molar-refractivity contribution >= 4 is 54.2 Å². The fraction of sp³-hybridized carbons (Fsp3) is 0.318. The first-order valence-electron chi connectivity index (χ1n) is 12.9. The van der Waals surface area contributed by atoms with Crippen LogP contribution in [0.25, 0.3) is 0 Å². The Morgan fingerprint density at radius 2 is 1.21 bits per heavy atom. The molecule has 0 aliphatic rings. The average molecular weight is 815 g/mol. The van der Waals surface area contributed by atoms with Gasteiger partial charge in [0.15, 0.2) is 0 Å². The highest BCUT2D eigenvalue weighted by Gasteiger charge is 2.38. The largest absolute Gasteiger partial charge is 0.481 e. The highest BCUT2D eigenvalue weighted by Crippen LogP contribution is 2.34. The summed E-state index contributed by atoms with van der Waals surface area (Å²) < 4.78 is 164. The predicted molar refractivity (Wildman–Crippen MR) is 161 cm³/mol. The van der Waals surface area contributed by atoms with E-state index in [0.717, 1.165) is 26.3 Å². The molecule has 0 saturated carbocycles. The van der Waals surface area contributed by atoms with E-state index in [2.05, 4.69) is 29.7 Å². The van der Waals surface area contributed by atoms with E-state index in [1.807, 2.05) is 5.32 Å². The molecule has 30 heteroatoms. The van der Waals surface area contributed by atoms with E-state index < -0.39 is 82.9 Å². The monoisotopic (exact) mass is 814 g/mol. The Morgan fingerprint density at radius 1 is 0.712 bits per heavy atom. The minimum Gasteiger partial charge on any atom is -0.481 e. The molecule has 288 valence electrons. The molecule has 0 saturated heterocycles. The maximum Gasteiger partial charge on any atom is 0.451 e. The highest BCUT2D eigenvalue weighted by molar-refractivity contribution is 8.03. The second-order valence-corrected chi connectivity index (χ2v) is 14.6. The van der Waals surface area contributed by atoms with Gasteiger partial charge in [-0.1, -0.05) is 15.8 Å². The molecule has 3 aromatic rings. The average Bonchev–Trinajstić information content (AvgIpc) is 3.02. The summed E-state index contributed by atoms with van der Waals surface area (Å²) in [5, 5.41) is 3.58. The predicted octanol–water partition coefficient (Wildman–Crippen LogP) is 1.18. The van der Waals surface area contributed by atoms with E-state index in [4.69, 9.17) is 9.47 Å². The topological polar surface area (TPSA) is 280 Å². The molecular formula is C22H24F6N10O11S3. The third-order valence-electron chi connectivity index (χ3n) is 5.34. The standard InChI is InChI=1S/C13H9F6N5O4S.C9H15N5O7S2/c1-28-11-21-8(13(17,18)19)20-9(23-11)22-10(25)24-29(26,27)7-5-3-2-4-6(7)12(14,15)16;1-14(22(4,16)17)23(18,19)13-9(15)12-8-10-6(20-2)5-7(11-8)21-3/h2-5H,1H3,(H2,20,21,22,23,24,25);5H,1-4H3,(H2,10,11,12,13,15). The van der Waals surface area contributed by atoms with Crippen molar-refractivity contribution < 1.29 is 75.4 Å². The Hall–Kier alpha value is -5.36. The van der Waals surface area contributed by atoms with Crippen molar-refractivity contribution in [3.8, 4) is 17.8 Å². The van der Waals surface area contributed by atoms with Gasteiger partial charge >= 0.3 is 40.6 Å². The van der Waals surface area contributed by atoms with Gasteiger partial charge in [-0.3, -0.25) is 10.6 Å². The number of anilines is 2. The van der Waals surface area contributed by atoms with E-state index >= 15 is 0 Å². The van der Waals surface area contributed by atoms with Crippen molar-refractivity contribution in [2.24, 2.45) is 0 Å². The molecule has 52 heavy (non-hydrogen) atoms. The zero-order valence-corrected chi connectivity index (χ0v) is 29.0. The Labute approximate surface area is 289 Å². The highest BCUT2D eigenvalue weighted by atomic mass is 32.3. The Morgan fingerprint density at radius 3 is 1.67 bits per heavy atom. The number of sulfonamides is 2. The number of nitrogens with zero attached hydrogens (tertiary/aromatic N) is 6. The zero-order valence-electron chi connectivity index (χ0n) is 26.6. The van der Waals surface area contributed by atoms with Crippen molar-refractivity contribution in [3.05, 3.63) is 41.7 Å². The van der Waals surface area contributed by atoms with Crippen LogP contribution in [0, 0.1) is 0 Å². The van der Waals surface area contributed by atoms with E-state index in [0.29, 0.717) is 18.4 Å².